The highest BCUT2D eigenvalue weighted by Gasteiger charge is 2.13. The molecule has 0 saturated carbocycles. The van der Waals surface area contributed by atoms with Crippen molar-refractivity contribution in [3.8, 4) is 11.5 Å². The summed E-state index contributed by atoms with van der Waals surface area (Å²) in [5.41, 5.74) is 2.96. The topological polar surface area (TPSA) is 40.5 Å². The Morgan fingerprint density at radius 1 is 0.640 bits per heavy atom. The van der Waals surface area contributed by atoms with Gasteiger partial charge in [0.2, 0.25) is 0 Å². The molecule has 2 nitrogen and oxygen atoms in total. The van der Waals surface area contributed by atoms with E-state index in [-0.39, 0.29) is 0 Å². The van der Waals surface area contributed by atoms with E-state index in [9.17, 15) is 10.2 Å². The monoisotopic (exact) mass is 328 g/mol. The molecule has 0 amide bonds. The van der Waals surface area contributed by atoms with Crippen molar-refractivity contribution in [3.63, 3.8) is 0 Å². The zero-order valence-electron chi connectivity index (χ0n) is 14.2. The van der Waals surface area contributed by atoms with Crippen molar-refractivity contribution in [2.75, 3.05) is 0 Å². The highest BCUT2D eigenvalue weighted by Crippen LogP contribution is 2.35. The molecule has 4 aromatic rings. The van der Waals surface area contributed by atoms with Gasteiger partial charge >= 0.3 is 0 Å². The van der Waals surface area contributed by atoms with Crippen LogP contribution in [0.3, 0.4) is 0 Å². The predicted octanol–water partition coefficient (Wildman–Crippen LogP) is 5.56. The first-order valence-electron chi connectivity index (χ1n) is 8.61. The van der Waals surface area contributed by atoms with E-state index in [1.165, 1.54) is 0 Å². The van der Waals surface area contributed by atoms with E-state index >= 15 is 0 Å². The molecule has 0 fully saturated rings. The highest BCUT2D eigenvalue weighted by atomic mass is 16.3. The Bertz CT molecular complexity index is 1080. The van der Waals surface area contributed by atoms with Crippen molar-refractivity contribution in [3.05, 3.63) is 83.4 Å². The lowest BCUT2D eigenvalue weighted by Gasteiger charge is -2.14. The molecule has 0 spiro atoms. The zero-order valence-corrected chi connectivity index (χ0v) is 14.2. The molecule has 0 heterocycles. The second-order valence-corrected chi connectivity index (χ2v) is 6.41. The van der Waals surface area contributed by atoms with Gasteiger partial charge in [-0.3, -0.25) is 0 Å². The van der Waals surface area contributed by atoms with Gasteiger partial charge in [-0.05, 0) is 33.9 Å². The van der Waals surface area contributed by atoms with Crippen LogP contribution >= 0.6 is 0 Å². The maximum atomic E-state index is 10.7. The van der Waals surface area contributed by atoms with Gasteiger partial charge in [-0.25, -0.2) is 0 Å². The molecule has 0 radical (unpaired) electrons. The van der Waals surface area contributed by atoms with E-state index < -0.39 is 0 Å². The average molecular weight is 328 g/mol. The molecule has 4 aromatic carbocycles. The van der Waals surface area contributed by atoms with Gasteiger partial charge in [-0.15, -0.1) is 0 Å². The maximum absolute atomic E-state index is 10.7. The summed E-state index contributed by atoms with van der Waals surface area (Å²) in [6.45, 7) is 2.04. The lowest BCUT2D eigenvalue weighted by molar-refractivity contribution is 0.474. The Labute approximate surface area is 147 Å². The highest BCUT2D eigenvalue weighted by molar-refractivity contribution is 5.93. The van der Waals surface area contributed by atoms with E-state index in [1.54, 1.807) is 0 Å². The molecule has 0 saturated heterocycles. The van der Waals surface area contributed by atoms with Gasteiger partial charge in [0, 0.05) is 17.2 Å². The summed E-state index contributed by atoms with van der Waals surface area (Å²) in [5, 5.41) is 25.0. The van der Waals surface area contributed by atoms with E-state index in [0.29, 0.717) is 17.9 Å². The third-order valence-corrected chi connectivity index (χ3v) is 4.93. The number of rotatable bonds is 3. The van der Waals surface area contributed by atoms with Crippen LogP contribution in [0.1, 0.15) is 23.6 Å². The third kappa shape index (κ3) is 2.60. The molecule has 4 rings (SSSR count). The molecule has 0 aliphatic carbocycles. The van der Waals surface area contributed by atoms with Gasteiger partial charge in [0.25, 0.3) is 0 Å². The fraction of sp³-hybridized carbons (Fsp3) is 0.130. The van der Waals surface area contributed by atoms with Crippen LogP contribution in [0, 0.1) is 0 Å². The first-order chi connectivity index (χ1) is 12.2. The van der Waals surface area contributed by atoms with Crippen molar-refractivity contribution in [2.24, 2.45) is 0 Å². The normalized spacial score (nSPS) is 11.2. The predicted molar refractivity (Wildman–Crippen MR) is 103 cm³/mol. The molecule has 0 unspecified atom stereocenters. The molecule has 0 aliphatic heterocycles. The summed E-state index contributed by atoms with van der Waals surface area (Å²) in [6.07, 6.45) is 1.40. The van der Waals surface area contributed by atoms with Crippen LogP contribution in [0.15, 0.2) is 66.7 Å². The molecule has 0 atom stereocenters. The Morgan fingerprint density at radius 2 is 1.28 bits per heavy atom. The Morgan fingerprint density at radius 3 is 2.04 bits per heavy atom. The van der Waals surface area contributed by atoms with Gasteiger partial charge in [0.1, 0.15) is 11.5 Å². The van der Waals surface area contributed by atoms with Crippen LogP contribution in [0.2, 0.25) is 0 Å². The molecule has 2 heteroatoms. The number of phenolic OH excluding ortho intramolecular Hbond substituents is 2. The molecular weight excluding hydrogens is 308 g/mol. The minimum absolute atomic E-state index is 0.341. The molecule has 124 valence electrons. The molecule has 2 N–H and O–H groups in total. The van der Waals surface area contributed by atoms with Gasteiger partial charge in [0.05, 0.1) is 0 Å². The van der Waals surface area contributed by atoms with E-state index in [0.717, 1.165) is 44.7 Å². The number of phenols is 2. The largest absolute Gasteiger partial charge is 0.507 e. The van der Waals surface area contributed by atoms with Gasteiger partial charge < -0.3 is 10.2 Å². The molecule has 25 heavy (non-hydrogen) atoms. The Balaban J connectivity index is 1.89. The van der Waals surface area contributed by atoms with Gasteiger partial charge in [0.15, 0.2) is 0 Å². The molecule has 0 aromatic heterocycles. The quantitative estimate of drug-likeness (QED) is 0.517. The van der Waals surface area contributed by atoms with Gasteiger partial charge in [-0.2, -0.15) is 0 Å². The summed E-state index contributed by atoms with van der Waals surface area (Å²) >= 11 is 0. The number of hydrogen-bond acceptors (Lipinski definition) is 2. The Kier molecular flexibility index (Phi) is 3.81. The second-order valence-electron chi connectivity index (χ2n) is 6.41. The lowest BCUT2D eigenvalue weighted by Crippen LogP contribution is -1.95. The standard InChI is InChI=1S/C23H20O2/c1-2-15-13-18(19-8-5-6-10-21(19)22(15)24)14-17-12-11-16-7-3-4-9-20(16)23(17)25/h3-13,24-25H,2,14H2,1H3. The van der Waals surface area contributed by atoms with Crippen LogP contribution in [0.25, 0.3) is 21.5 Å². The molecule has 0 bridgehead atoms. The summed E-state index contributed by atoms with van der Waals surface area (Å²) in [4.78, 5) is 0. The van der Waals surface area contributed by atoms with Crippen molar-refractivity contribution < 1.29 is 10.2 Å². The fourth-order valence-electron chi connectivity index (χ4n) is 3.56. The SMILES string of the molecule is CCc1cc(Cc2ccc3ccccc3c2O)c2ccccc2c1O. The smallest absolute Gasteiger partial charge is 0.126 e. The first kappa shape index (κ1) is 15.5. The molecule has 0 aliphatic rings. The van der Waals surface area contributed by atoms with Crippen LogP contribution < -0.4 is 0 Å². The van der Waals surface area contributed by atoms with Crippen LogP contribution in [-0.2, 0) is 12.8 Å². The number of hydrogen-bond donors (Lipinski definition) is 2. The second kappa shape index (κ2) is 6.14. The Hall–Kier alpha value is -3.00. The van der Waals surface area contributed by atoms with Crippen LogP contribution in [0.4, 0.5) is 0 Å². The number of benzene rings is 4. The number of aromatic hydroxyl groups is 2. The molecular formula is C23H20O2. The summed E-state index contributed by atoms with van der Waals surface area (Å²) in [6, 6.07) is 21.9. The number of fused-ring (bicyclic) bond motifs is 2. The first-order valence-corrected chi connectivity index (χ1v) is 8.61. The average Bonchev–Trinajstić information content (AvgIpc) is 2.66. The fourth-order valence-corrected chi connectivity index (χ4v) is 3.56. The minimum atomic E-state index is 0.341. The van der Waals surface area contributed by atoms with Crippen molar-refractivity contribution in [1.82, 2.24) is 0 Å². The number of aryl methyl sites for hydroxylation is 1. The lowest BCUT2D eigenvalue weighted by atomic mass is 9.93. The van der Waals surface area contributed by atoms with Crippen LogP contribution in [0.5, 0.6) is 11.5 Å². The van der Waals surface area contributed by atoms with Crippen molar-refractivity contribution in [2.45, 2.75) is 19.8 Å². The maximum Gasteiger partial charge on any atom is 0.126 e. The third-order valence-electron chi connectivity index (χ3n) is 4.93. The van der Waals surface area contributed by atoms with E-state index in [1.807, 2.05) is 67.6 Å². The zero-order chi connectivity index (χ0) is 17.4. The summed E-state index contributed by atoms with van der Waals surface area (Å²) in [5.74, 6) is 0.706. The summed E-state index contributed by atoms with van der Waals surface area (Å²) < 4.78 is 0. The van der Waals surface area contributed by atoms with E-state index in [2.05, 4.69) is 6.07 Å². The van der Waals surface area contributed by atoms with Crippen LogP contribution in [-0.4, -0.2) is 10.2 Å². The van der Waals surface area contributed by atoms with Crippen molar-refractivity contribution >= 4 is 21.5 Å². The minimum Gasteiger partial charge on any atom is -0.507 e. The van der Waals surface area contributed by atoms with Gasteiger partial charge in [-0.1, -0.05) is 73.7 Å². The summed E-state index contributed by atoms with van der Waals surface area (Å²) in [7, 11) is 0. The van der Waals surface area contributed by atoms with E-state index in [4.69, 9.17) is 0 Å². The van der Waals surface area contributed by atoms with Crippen molar-refractivity contribution in [1.29, 1.82) is 0 Å².